The number of esters is 1. The van der Waals surface area contributed by atoms with E-state index >= 15 is 4.39 Å². The van der Waals surface area contributed by atoms with Gasteiger partial charge in [-0.3, -0.25) is 24.1 Å². The fourth-order valence-corrected chi connectivity index (χ4v) is 13.0. The first-order chi connectivity index (χ1) is 42.3. The number of aliphatic carboxylic acids is 1. The molecule has 12 atom stereocenters. The number of hydrogen-bond donors (Lipinski definition) is 8. The molecule has 1 aliphatic carbocycles. The number of carbonyl (C=O) groups is 5. The molecule has 0 spiro atoms. The van der Waals surface area contributed by atoms with Crippen LogP contribution in [0.4, 0.5) is 4.39 Å². The van der Waals surface area contributed by atoms with Crippen molar-refractivity contribution in [3.8, 4) is 28.6 Å². The van der Waals surface area contributed by atoms with Gasteiger partial charge in [-0.25, -0.2) is 23.6 Å². The van der Waals surface area contributed by atoms with Crippen LogP contribution < -0.4 is 18.7 Å². The number of imide groups is 1. The van der Waals surface area contributed by atoms with E-state index in [4.69, 9.17) is 41.8 Å². The third-order valence-electron chi connectivity index (χ3n) is 16.4. The Balaban J connectivity index is 0.836. The van der Waals surface area contributed by atoms with E-state index in [1.807, 2.05) is 0 Å². The lowest BCUT2D eigenvalue weighted by atomic mass is 9.85. The number of carboxylic acid groups (broad SMARTS) is 1. The summed E-state index contributed by atoms with van der Waals surface area (Å²) in [6.07, 6.45) is -16.3. The summed E-state index contributed by atoms with van der Waals surface area (Å²) in [5.41, 5.74) is -0.599. The number of hydrogen-bond acceptors (Lipinski definition) is 27. The number of likely N-dealkylation sites (N-methyl/N-ethyl adjacent to an activating group) is 1. The molecule has 3 amide bonds. The van der Waals surface area contributed by atoms with Crippen molar-refractivity contribution in [1.29, 1.82) is 0 Å². The van der Waals surface area contributed by atoms with Crippen LogP contribution in [0, 0.1) is 5.82 Å². The Labute approximate surface area is 507 Å². The second-order valence-electron chi connectivity index (χ2n) is 21.9. The summed E-state index contributed by atoms with van der Waals surface area (Å²) in [7, 11) is -4.13. The van der Waals surface area contributed by atoms with Crippen molar-refractivity contribution in [2.45, 2.75) is 138 Å². The average Bonchev–Trinajstić information content (AvgIpc) is 1.64. The molecule has 0 radical (unpaired) electrons. The summed E-state index contributed by atoms with van der Waals surface area (Å²) in [5, 5.41) is 92.8. The quantitative estimate of drug-likeness (QED) is 0.0217. The van der Waals surface area contributed by atoms with Gasteiger partial charge >= 0.3 is 22.3 Å². The Morgan fingerprint density at radius 3 is 2.37 bits per heavy atom. The number of carboxylic acids is 1. The van der Waals surface area contributed by atoms with Gasteiger partial charge in [0.25, 0.3) is 11.5 Å². The van der Waals surface area contributed by atoms with Crippen LogP contribution in [0.3, 0.4) is 0 Å². The van der Waals surface area contributed by atoms with Crippen LogP contribution in [0.15, 0.2) is 41.3 Å². The van der Waals surface area contributed by atoms with Crippen LogP contribution in [0.2, 0.25) is 0 Å². The van der Waals surface area contributed by atoms with Gasteiger partial charge in [0.2, 0.25) is 18.1 Å². The minimum absolute atomic E-state index is 0.0222. The molecule has 89 heavy (non-hydrogen) atoms. The number of rotatable bonds is 21. The van der Waals surface area contributed by atoms with E-state index < -0.39 is 136 Å². The third kappa shape index (κ3) is 11.8. The average molecular weight is 1290 g/mol. The van der Waals surface area contributed by atoms with Crippen LogP contribution in [0.5, 0.6) is 17.2 Å². The van der Waals surface area contributed by atoms with Gasteiger partial charge in [-0.1, -0.05) is 12.1 Å². The number of carbonyl (C=O) groups excluding carboxylic acids is 4. The lowest BCUT2D eigenvalue weighted by molar-refractivity contribution is -0.318. The van der Waals surface area contributed by atoms with Crippen molar-refractivity contribution in [3.63, 3.8) is 0 Å². The number of cyclic esters (lactones) is 1. The van der Waals surface area contributed by atoms with Gasteiger partial charge in [-0.2, -0.15) is 11.8 Å². The molecule has 31 nitrogen and oxygen atoms in total. The van der Waals surface area contributed by atoms with Crippen molar-refractivity contribution in [2.24, 2.45) is 0 Å². The van der Waals surface area contributed by atoms with Crippen LogP contribution in [0.1, 0.15) is 70.1 Å². The zero-order valence-corrected chi connectivity index (χ0v) is 49.1. The summed E-state index contributed by atoms with van der Waals surface area (Å²) >= 11 is 1.29. The highest BCUT2D eigenvalue weighted by atomic mass is 32.3. The van der Waals surface area contributed by atoms with E-state index in [0.29, 0.717) is 35.0 Å². The molecule has 2 unspecified atom stereocenters. The largest absolute Gasteiger partial charge is 0.501 e. The van der Waals surface area contributed by atoms with Crippen LogP contribution in [-0.4, -0.2) is 220 Å². The second kappa shape index (κ2) is 24.8. The first kappa shape index (κ1) is 63.3. The molecule has 0 saturated carbocycles. The van der Waals surface area contributed by atoms with E-state index in [-0.39, 0.29) is 116 Å². The number of aryl methyl sites for hydroxylation is 2. The normalized spacial score (nSPS) is 27.2. The Hall–Kier alpha value is -7.32. The number of aliphatic hydroxyl groups is 7. The number of benzene rings is 2. The van der Waals surface area contributed by atoms with Crippen molar-refractivity contribution in [3.05, 3.63) is 91.8 Å². The molecule has 3 fully saturated rings. The number of halogens is 1. The molecule has 34 heteroatoms. The first-order valence-corrected chi connectivity index (χ1v) is 30.6. The number of ether oxygens (including phenoxy) is 6. The van der Waals surface area contributed by atoms with Gasteiger partial charge in [0.05, 0.1) is 73.4 Å². The van der Waals surface area contributed by atoms with Gasteiger partial charge in [0.1, 0.15) is 55.0 Å². The molecule has 8 N–H and O–H groups in total. The summed E-state index contributed by atoms with van der Waals surface area (Å²) in [5.74, 6) is -7.50. The fraction of sp³-hybridized carbons (Fsp3) is 0.509. The first-order valence-electron chi connectivity index (χ1n) is 27.9. The van der Waals surface area contributed by atoms with Crippen molar-refractivity contribution in [2.75, 3.05) is 39.7 Å². The Kier molecular flexibility index (Phi) is 17.6. The zero-order valence-electron chi connectivity index (χ0n) is 47.4. The summed E-state index contributed by atoms with van der Waals surface area (Å²) in [4.78, 5) is 84.6. The van der Waals surface area contributed by atoms with Gasteiger partial charge in [0.15, 0.2) is 41.1 Å². The molecular formula is C55H60FN7O24S2. The van der Waals surface area contributed by atoms with E-state index in [2.05, 4.69) is 10.3 Å². The summed E-state index contributed by atoms with van der Waals surface area (Å²) in [6, 6.07) is 5.50. The Morgan fingerprint density at radius 2 is 1.64 bits per heavy atom. The molecule has 3 saturated heterocycles. The number of fused-ring (bicyclic) bond motifs is 5. The highest BCUT2D eigenvalue weighted by molar-refractivity contribution is 8.00. The number of thioether (sulfide) groups is 1. The Morgan fingerprint density at radius 1 is 0.899 bits per heavy atom. The predicted octanol–water partition coefficient (Wildman–Crippen LogP) is -2.12. The molecule has 11 rings (SSSR count). The van der Waals surface area contributed by atoms with Crippen molar-refractivity contribution < 1.29 is 114 Å². The van der Waals surface area contributed by atoms with Crippen LogP contribution in [0.25, 0.3) is 22.3 Å². The topological polar surface area (TPSA) is 427 Å². The lowest BCUT2D eigenvalue weighted by Gasteiger charge is -2.42. The third-order valence-corrected chi connectivity index (χ3v) is 18.1. The number of amides is 3. The van der Waals surface area contributed by atoms with E-state index in [1.54, 1.807) is 19.4 Å². The number of pyridine rings is 2. The SMILES string of the molecule is CC[C@@]1(O)C(=O)OCc2c1cc1n(c2=O)Cc2c-1nc1cc(F)c(OS(=O)(=O)Oc3cc(C(=O)N(C)CCOCCn4cc(CN5C(=O)CC(SC)C5=O)nn4)ccc3O[C@@H]3O[C@H](COC4O[C@H](C(=O)O)[C@@H](O)[C@H](O)[C@H]4O)[C@@H](O)[C@H](O)[C@H]3O)c3c1c2CCC3. The molecule has 2 aromatic carbocycles. The summed E-state index contributed by atoms with van der Waals surface area (Å²) in [6.45, 7) is 0.410. The highest BCUT2D eigenvalue weighted by Gasteiger charge is 2.51. The molecule has 8 heterocycles. The van der Waals surface area contributed by atoms with E-state index in [0.717, 1.165) is 29.2 Å². The number of likely N-dealkylation sites (tertiary alicyclic amines) is 1. The zero-order chi connectivity index (χ0) is 63.7. The van der Waals surface area contributed by atoms with Gasteiger partial charge < -0.3 is 87.1 Å². The highest BCUT2D eigenvalue weighted by Crippen LogP contribution is 2.46. The second-order valence-corrected chi connectivity index (χ2v) is 24.1. The van der Waals surface area contributed by atoms with Crippen molar-refractivity contribution in [1.82, 2.24) is 34.3 Å². The van der Waals surface area contributed by atoms with E-state index in [1.165, 1.54) is 39.0 Å². The van der Waals surface area contributed by atoms with Crippen LogP contribution in [-0.2, 0) is 97.9 Å². The maximum atomic E-state index is 16.6. The van der Waals surface area contributed by atoms with Gasteiger partial charge in [-0.05, 0) is 61.8 Å². The summed E-state index contributed by atoms with van der Waals surface area (Å²) < 4.78 is 92.1. The molecule has 5 aromatic rings. The monoisotopic (exact) mass is 1290 g/mol. The number of aliphatic hydroxyl groups excluding tert-OH is 6. The maximum Gasteiger partial charge on any atom is 0.501 e. The predicted molar refractivity (Wildman–Crippen MR) is 296 cm³/mol. The number of nitrogens with zero attached hydrogens (tertiary/aromatic N) is 7. The lowest BCUT2D eigenvalue weighted by Crippen LogP contribution is -2.62. The van der Waals surface area contributed by atoms with E-state index in [9.17, 15) is 78.0 Å². The molecular weight excluding hydrogens is 1230 g/mol. The number of aromatic nitrogens is 5. The minimum atomic E-state index is -5.53. The molecule has 3 aromatic heterocycles. The minimum Gasteiger partial charge on any atom is -0.479 e. The van der Waals surface area contributed by atoms with Crippen LogP contribution >= 0.6 is 11.8 Å². The molecule has 6 aliphatic rings. The Bertz CT molecular complexity index is 3850. The van der Waals surface area contributed by atoms with Gasteiger partial charge in [-0.15, -0.1) is 13.5 Å². The smallest absolute Gasteiger partial charge is 0.479 e. The fourth-order valence-electron chi connectivity index (χ4n) is 11.6. The standard InChI is InChI=1S/C55H60FN7O24S2/c1-4-55(77)29-15-32-39-27(20-62(32)49(72)28(29)21-82-54(55)76)25-6-5-7-26-38(25)31(57-39)16-30(56)46(26)87-89(78,79)86-34-14-23(48(71)60(2)10-12-80-13-11-61-18-24(58-59-61)19-63-37(64)17-36(88-3)50(63)73)8-9-33(34)83-53-45(70)41(66)40(65)35(84-53)22-81-52-44(69)42(67)43(68)47(85-52)51(74)75/h8-9,14-16,18,35-36,40-45,47,52-53,65-70,77H,4-7,10-13,17,19-22H2,1-3H3,(H,74,75)/t35-,36?,40-,41+,42+,43+,44-,45-,47+,52?,53-,55+/m1/s1. The molecule has 0 bridgehead atoms. The maximum absolute atomic E-state index is 16.6. The van der Waals surface area contributed by atoms with Gasteiger partial charge in [0, 0.05) is 53.7 Å². The molecule has 5 aliphatic heterocycles. The van der Waals surface area contributed by atoms with Crippen molar-refractivity contribution >= 4 is 62.7 Å². The molecule has 478 valence electrons.